The van der Waals surface area contributed by atoms with E-state index in [1.165, 1.54) is 6.07 Å². The van der Waals surface area contributed by atoms with E-state index in [1.54, 1.807) is 6.07 Å². The number of amides is 2. The molecule has 0 aromatic heterocycles. The molecule has 1 unspecified atom stereocenters. The third-order valence-electron chi connectivity index (χ3n) is 2.80. The number of hydrogen-bond acceptors (Lipinski definition) is 3. The van der Waals surface area contributed by atoms with Crippen LogP contribution in [0.25, 0.3) is 0 Å². The lowest BCUT2D eigenvalue weighted by Crippen LogP contribution is -2.39. The zero-order valence-electron chi connectivity index (χ0n) is 9.17. The first-order valence-electron chi connectivity index (χ1n) is 5.25. The molecule has 1 saturated heterocycles. The van der Waals surface area contributed by atoms with Crippen LogP contribution in [0.1, 0.15) is 29.9 Å². The molecule has 92 valence electrons. The Morgan fingerprint density at radius 3 is 2.72 bits per heavy atom. The number of nitriles is 1. The number of imide groups is 1. The quantitative estimate of drug-likeness (QED) is 0.789. The summed E-state index contributed by atoms with van der Waals surface area (Å²) in [6.45, 7) is 0. The second-order valence-electron chi connectivity index (χ2n) is 3.97. The molecule has 1 N–H and O–H groups in total. The Balaban J connectivity index is 2.43. The van der Waals surface area contributed by atoms with E-state index in [9.17, 15) is 14.0 Å². The van der Waals surface area contributed by atoms with E-state index in [1.807, 2.05) is 0 Å². The standard InChI is InChI=1S/C12H8ClFN2O2/c13-8-3-6(5-15)4-9(14)11(8)7-1-2-10(17)16-12(7)18/h3-4,7H,1-2H2,(H,16,17,18). The Morgan fingerprint density at radius 1 is 1.44 bits per heavy atom. The molecule has 2 amide bonds. The molecule has 1 aliphatic rings. The van der Waals surface area contributed by atoms with Crippen LogP contribution in [0.15, 0.2) is 12.1 Å². The number of benzene rings is 1. The fraction of sp³-hybridized carbons (Fsp3) is 0.250. The second-order valence-corrected chi connectivity index (χ2v) is 4.38. The maximum absolute atomic E-state index is 13.9. The number of halogens is 2. The maximum atomic E-state index is 13.9. The Labute approximate surface area is 107 Å². The van der Waals surface area contributed by atoms with Crippen molar-refractivity contribution in [2.24, 2.45) is 0 Å². The van der Waals surface area contributed by atoms with Gasteiger partial charge in [0.05, 0.1) is 17.6 Å². The number of hydrogen-bond donors (Lipinski definition) is 1. The lowest BCUT2D eigenvalue weighted by Gasteiger charge is -2.22. The molecule has 4 nitrogen and oxygen atoms in total. The van der Waals surface area contributed by atoms with Gasteiger partial charge in [-0.3, -0.25) is 14.9 Å². The fourth-order valence-electron chi connectivity index (χ4n) is 1.95. The van der Waals surface area contributed by atoms with Gasteiger partial charge < -0.3 is 0 Å². The van der Waals surface area contributed by atoms with Crippen molar-refractivity contribution in [3.05, 3.63) is 34.1 Å². The Hall–Kier alpha value is -1.93. The van der Waals surface area contributed by atoms with E-state index in [0.717, 1.165) is 6.07 Å². The molecule has 2 rings (SSSR count). The average molecular weight is 267 g/mol. The van der Waals surface area contributed by atoms with Gasteiger partial charge in [0.15, 0.2) is 0 Å². The summed E-state index contributed by atoms with van der Waals surface area (Å²) in [4.78, 5) is 22.7. The van der Waals surface area contributed by atoms with Gasteiger partial charge >= 0.3 is 0 Å². The molecule has 0 radical (unpaired) electrons. The summed E-state index contributed by atoms with van der Waals surface area (Å²) in [5.74, 6) is -2.42. The van der Waals surface area contributed by atoms with Gasteiger partial charge in [0.2, 0.25) is 11.8 Å². The van der Waals surface area contributed by atoms with E-state index >= 15 is 0 Å². The highest BCUT2D eigenvalue weighted by Crippen LogP contribution is 2.33. The van der Waals surface area contributed by atoms with Crippen LogP contribution < -0.4 is 5.32 Å². The van der Waals surface area contributed by atoms with Crippen LogP contribution in [0.3, 0.4) is 0 Å². The highest BCUT2D eigenvalue weighted by atomic mass is 35.5. The molecule has 6 heteroatoms. The largest absolute Gasteiger partial charge is 0.296 e. The molecule has 1 aliphatic heterocycles. The summed E-state index contributed by atoms with van der Waals surface area (Å²) in [5, 5.41) is 10.8. The van der Waals surface area contributed by atoms with Crippen LogP contribution in [-0.2, 0) is 9.59 Å². The number of nitrogens with zero attached hydrogens (tertiary/aromatic N) is 1. The third kappa shape index (κ3) is 2.20. The smallest absolute Gasteiger partial charge is 0.234 e. The van der Waals surface area contributed by atoms with E-state index in [2.05, 4.69) is 5.32 Å². The number of rotatable bonds is 1. The zero-order chi connectivity index (χ0) is 13.3. The van der Waals surface area contributed by atoms with Crippen molar-refractivity contribution in [1.29, 1.82) is 5.26 Å². The van der Waals surface area contributed by atoms with E-state index in [4.69, 9.17) is 16.9 Å². The van der Waals surface area contributed by atoms with Crippen LogP contribution in [-0.4, -0.2) is 11.8 Å². The van der Waals surface area contributed by atoms with Crippen molar-refractivity contribution in [3.63, 3.8) is 0 Å². The van der Waals surface area contributed by atoms with E-state index in [-0.39, 0.29) is 34.9 Å². The molecule has 0 saturated carbocycles. The van der Waals surface area contributed by atoms with Gasteiger partial charge in [0, 0.05) is 17.0 Å². The molecule has 1 heterocycles. The molecule has 1 fully saturated rings. The van der Waals surface area contributed by atoms with Crippen molar-refractivity contribution in [2.45, 2.75) is 18.8 Å². The highest BCUT2D eigenvalue weighted by Gasteiger charge is 2.31. The number of carbonyl (C=O) groups excluding carboxylic acids is 2. The molecular weight excluding hydrogens is 259 g/mol. The first kappa shape index (κ1) is 12.5. The summed E-state index contributed by atoms with van der Waals surface area (Å²) in [6.07, 6.45) is 0.360. The van der Waals surface area contributed by atoms with Gasteiger partial charge in [-0.15, -0.1) is 0 Å². The predicted molar refractivity (Wildman–Crippen MR) is 61.2 cm³/mol. The Morgan fingerprint density at radius 2 is 2.17 bits per heavy atom. The zero-order valence-corrected chi connectivity index (χ0v) is 9.92. The lowest BCUT2D eigenvalue weighted by atomic mass is 9.89. The van der Waals surface area contributed by atoms with Gasteiger partial charge in [-0.05, 0) is 18.6 Å². The number of piperidine rings is 1. The molecule has 1 aromatic rings. The first-order valence-corrected chi connectivity index (χ1v) is 5.63. The minimum atomic E-state index is -0.789. The molecule has 18 heavy (non-hydrogen) atoms. The third-order valence-corrected chi connectivity index (χ3v) is 3.11. The Bertz CT molecular complexity index is 557. The number of nitrogens with one attached hydrogen (secondary N) is 1. The van der Waals surface area contributed by atoms with Gasteiger partial charge in [0.1, 0.15) is 5.82 Å². The maximum Gasteiger partial charge on any atom is 0.234 e. The van der Waals surface area contributed by atoms with E-state index < -0.39 is 17.6 Å². The monoisotopic (exact) mass is 266 g/mol. The first-order chi connectivity index (χ1) is 8.52. The van der Waals surface area contributed by atoms with Crippen molar-refractivity contribution in [3.8, 4) is 6.07 Å². The molecular formula is C12H8ClFN2O2. The van der Waals surface area contributed by atoms with Crippen molar-refractivity contribution in [2.75, 3.05) is 0 Å². The van der Waals surface area contributed by atoms with Gasteiger partial charge in [-0.25, -0.2) is 4.39 Å². The summed E-state index contributed by atoms with van der Waals surface area (Å²) in [6, 6.07) is 4.12. The van der Waals surface area contributed by atoms with E-state index in [0.29, 0.717) is 0 Å². The van der Waals surface area contributed by atoms with Crippen LogP contribution in [0.5, 0.6) is 0 Å². The second kappa shape index (κ2) is 4.75. The van der Waals surface area contributed by atoms with Crippen LogP contribution in [0.4, 0.5) is 4.39 Å². The van der Waals surface area contributed by atoms with Gasteiger partial charge in [-0.1, -0.05) is 11.6 Å². The van der Waals surface area contributed by atoms with Crippen molar-refractivity contribution >= 4 is 23.4 Å². The summed E-state index contributed by atoms with van der Waals surface area (Å²) in [7, 11) is 0. The summed E-state index contributed by atoms with van der Waals surface area (Å²) < 4.78 is 13.9. The molecule has 0 aliphatic carbocycles. The van der Waals surface area contributed by atoms with Crippen molar-refractivity contribution < 1.29 is 14.0 Å². The normalized spacial score (nSPS) is 19.3. The lowest BCUT2D eigenvalue weighted by molar-refractivity contribution is -0.134. The van der Waals surface area contributed by atoms with Gasteiger partial charge in [0.25, 0.3) is 0 Å². The minimum absolute atomic E-state index is 0.0287. The van der Waals surface area contributed by atoms with Crippen molar-refractivity contribution in [1.82, 2.24) is 5.32 Å². The minimum Gasteiger partial charge on any atom is -0.296 e. The molecule has 0 spiro atoms. The molecule has 1 aromatic carbocycles. The molecule has 1 atom stereocenters. The topological polar surface area (TPSA) is 70.0 Å². The summed E-state index contributed by atoms with van der Waals surface area (Å²) >= 11 is 5.89. The Kier molecular flexibility index (Phi) is 3.30. The molecule has 0 bridgehead atoms. The average Bonchev–Trinajstić information content (AvgIpc) is 2.30. The summed E-state index contributed by atoms with van der Waals surface area (Å²) in [5.41, 5.74) is 0.134. The predicted octanol–water partition coefficient (Wildman–Crippen LogP) is 1.87. The fourth-order valence-corrected chi connectivity index (χ4v) is 2.29. The van der Waals surface area contributed by atoms with Crippen LogP contribution in [0, 0.1) is 17.1 Å². The van der Waals surface area contributed by atoms with Crippen LogP contribution in [0.2, 0.25) is 5.02 Å². The van der Waals surface area contributed by atoms with Crippen LogP contribution >= 0.6 is 11.6 Å². The van der Waals surface area contributed by atoms with Gasteiger partial charge in [-0.2, -0.15) is 5.26 Å². The highest BCUT2D eigenvalue weighted by molar-refractivity contribution is 6.31. The number of carbonyl (C=O) groups is 2. The SMILES string of the molecule is N#Cc1cc(F)c(C2CCC(=O)NC2=O)c(Cl)c1.